The zero-order valence-electron chi connectivity index (χ0n) is 8.82. The summed E-state index contributed by atoms with van der Waals surface area (Å²) in [6, 6.07) is 0. The molecule has 1 unspecified atom stereocenters. The van der Waals surface area contributed by atoms with Gasteiger partial charge >= 0.3 is 11.9 Å². The Morgan fingerprint density at radius 1 is 1.33 bits per heavy atom. The molecule has 0 amide bonds. The van der Waals surface area contributed by atoms with Crippen LogP contribution >= 0.6 is 0 Å². The smallest absolute Gasteiger partial charge is 0.321 e. The molecule has 0 spiro atoms. The number of carbonyl (C=O) groups is 3. The minimum atomic E-state index is -0.901. The Kier molecular flexibility index (Phi) is 6.01. The van der Waals surface area contributed by atoms with Crippen LogP contribution in [0.15, 0.2) is 12.8 Å². The van der Waals surface area contributed by atoms with Gasteiger partial charge in [0.15, 0.2) is 0 Å². The number of hydrogen-bond acceptors (Lipinski definition) is 5. The van der Waals surface area contributed by atoms with Gasteiger partial charge in [-0.1, -0.05) is 6.58 Å². The second kappa shape index (κ2) is 6.75. The summed E-state index contributed by atoms with van der Waals surface area (Å²) >= 11 is 0. The minimum absolute atomic E-state index is 0.0197. The van der Waals surface area contributed by atoms with Crippen molar-refractivity contribution < 1.29 is 23.9 Å². The van der Waals surface area contributed by atoms with Gasteiger partial charge in [-0.05, 0) is 6.92 Å². The quantitative estimate of drug-likeness (QED) is 0.372. The number of esters is 2. The van der Waals surface area contributed by atoms with Crippen LogP contribution in [0.25, 0.3) is 0 Å². The lowest BCUT2D eigenvalue weighted by atomic mass is 10.0. The molecular weight excluding hydrogens is 200 g/mol. The normalized spacial score (nSPS) is 11.3. The molecule has 0 N–H and O–H groups in total. The molecule has 0 aliphatic carbocycles. The van der Waals surface area contributed by atoms with E-state index < -0.39 is 17.9 Å². The molecule has 0 aliphatic heterocycles. The summed E-state index contributed by atoms with van der Waals surface area (Å²) in [5.74, 6) is -2.35. The van der Waals surface area contributed by atoms with Crippen molar-refractivity contribution in [2.75, 3.05) is 6.61 Å². The number of ether oxygens (including phenoxy) is 2. The van der Waals surface area contributed by atoms with E-state index in [9.17, 15) is 14.4 Å². The Bertz CT molecular complexity index is 269. The molecule has 0 bridgehead atoms. The van der Waals surface area contributed by atoms with Crippen LogP contribution in [0.5, 0.6) is 0 Å². The first-order valence-corrected chi connectivity index (χ1v) is 4.44. The maximum absolute atomic E-state index is 11.2. The molecule has 0 rings (SSSR count). The van der Waals surface area contributed by atoms with Gasteiger partial charge in [-0.25, -0.2) is 0 Å². The fourth-order valence-electron chi connectivity index (χ4n) is 0.972. The Labute approximate surface area is 88.0 Å². The minimum Gasteiger partial charge on any atom is -0.466 e. The molecule has 1 atom stereocenters. The highest BCUT2D eigenvalue weighted by Gasteiger charge is 2.24. The second-order valence-electron chi connectivity index (χ2n) is 2.90. The fraction of sp³-hybridized carbons (Fsp3) is 0.500. The lowest BCUT2D eigenvalue weighted by Crippen LogP contribution is -2.24. The van der Waals surface area contributed by atoms with E-state index >= 15 is 0 Å². The number of hydrogen-bond donors (Lipinski definition) is 0. The van der Waals surface area contributed by atoms with Gasteiger partial charge in [-0.15, -0.1) is 0 Å². The van der Waals surface area contributed by atoms with E-state index in [1.807, 2.05) is 0 Å². The van der Waals surface area contributed by atoms with Crippen molar-refractivity contribution in [2.24, 2.45) is 5.92 Å². The van der Waals surface area contributed by atoms with Crippen molar-refractivity contribution in [2.45, 2.75) is 20.3 Å². The van der Waals surface area contributed by atoms with E-state index in [2.05, 4.69) is 16.1 Å². The monoisotopic (exact) mass is 214 g/mol. The summed E-state index contributed by atoms with van der Waals surface area (Å²) in [4.78, 5) is 32.7. The van der Waals surface area contributed by atoms with Crippen molar-refractivity contribution in [3.8, 4) is 0 Å². The lowest BCUT2D eigenvalue weighted by molar-refractivity contribution is -0.150. The summed E-state index contributed by atoms with van der Waals surface area (Å²) < 4.78 is 9.11. The Morgan fingerprint density at radius 2 is 1.93 bits per heavy atom. The van der Waals surface area contributed by atoms with E-state index in [0.717, 1.165) is 6.26 Å². The van der Waals surface area contributed by atoms with Crippen LogP contribution in [0.3, 0.4) is 0 Å². The molecule has 0 aromatic heterocycles. The topological polar surface area (TPSA) is 69.7 Å². The molecule has 0 radical (unpaired) electrons. The molecule has 0 heterocycles. The van der Waals surface area contributed by atoms with Gasteiger partial charge in [0.05, 0.1) is 12.9 Å². The van der Waals surface area contributed by atoms with E-state index in [4.69, 9.17) is 0 Å². The molecule has 0 fully saturated rings. The predicted octanol–water partition coefficient (Wildman–Crippen LogP) is 0.832. The van der Waals surface area contributed by atoms with Crippen molar-refractivity contribution in [1.29, 1.82) is 0 Å². The van der Waals surface area contributed by atoms with Gasteiger partial charge in [0, 0.05) is 13.3 Å². The van der Waals surface area contributed by atoms with E-state index in [-0.39, 0.29) is 18.8 Å². The van der Waals surface area contributed by atoms with Crippen LogP contribution in [0.4, 0.5) is 0 Å². The molecule has 0 aliphatic rings. The highest BCUT2D eigenvalue weighted by atomic mass is 16.5. The highest BCUT2D eigenvalue weighted by Crippen LogP contribution is 2.08. The highest BCUT2D eigenvalue weighted by molar-refractivity contribution is 5.97. The van der Waals surface area contributed by atoms with Gasteiger partial charge in [0.2, 0.25) is 0 Å². The summed E-state index contributed by atoms with van der Waals surface area (Å²) in [5, 5.41) is 0. The summed E-state index contributed by atoms with van der Waals surface area (Å²) in [7, 11) is 0. The standard InChI is InChI=1S/C10H14O5/c1-4-14-10(13)9(7(2)11)5-6-15-8(3)12/h4,9H,1,5-6H2,2-3H3. The zero-order chi connectivity index (χ0) is 11.8. The number of carbonyl (C=O) groups excluding carboxylic acids is 3. The average molecular weight is 214 g/mol. The van der Waals surface area contributed by atoms with Crippen LogP contribution in [-0.2, 0) is 23.9 Å². The molecule has 0 aromatic rings. The lowest BCUT2D eigenvalue weighted by Gasteiger charge is -2.10. The van der Waals surface area contributed by atoms with Gasteiger partial charge in [0.25, 0.3) is 0 Å². The van der Waals surface area contributed by atoms with Crippen molar-refractivity contribution in [3.05, 3.63) is 12.8 Å². The molecule has 0 aromatic carbocycles. The molecule has 0 saturated carbocycles. The summed E-state index contributed by atoms with van der Waals surface area (Å²) in [5.41, 5.74) is 0. The van der Waals surface area contributed by atoms with Crippen LogP contribution in [-0.4, -0.2) is 24.3 Å². The molecular formula is C10H14O5. The van der Waals surface area contributed by atoms with Crippen LogP contribution in [0.2, 0.25) is 0 Å². The second-order valence-corrected chi connectivity index (χ2v) is 2.90. The Hall–Kier alpha value is -1.65. The van der Waals surface area contributed by atoms with Gasteiger partial charge in [-0.3, -0.25) is 14.4 Å². The van der Waals surface area contributed by atoms with Crippen molar-refractivity contribution >= 4 is 17.7 Å². The largest absolute Gasteiger partial charge is 0.466 e. The zero-order valence-corrected chi connectivity index (χ0v) is 8.82. The average Bonchev–Trinajstić information content (AvgIpc) is 2.11. The van der Waals surface area contributed by atoms with Gasteiger partial charge < -0.3 is 9.47 Å². The van der Waals surface area contributed by atoms with E-state index in [0.29, 0.717) is 0 Å². The molecule has 15 heavy (non-hydrogen) atoms. The third-order valence-corrected chi connectivity index (χ3v) is 1.69. The SMILES string of the molecule is C=COC(=O)C(CCOC(C)=O)C(C)=O. The Balaban J connectivity index is 4.16. The third kappa shape index (κ3) is 5.61. The fourth-order valence-corrected chi connectivity index (χ4v) is 0.972. The van der Waals surface area contributed by atoms with Crippen LogP contribution in [0.1, 0.15) is 20.3 Å². The first-order chi connectivity index (χ1) is 6.99. The summed E-state index contributed by atoms with van der Waals surface area (Å²) in [6.07, 6.45) is 1.09. The Morgan fingerprint density at radius 3 is 2.33 bits per heavy atom. The van der Waals surface area contributed by atoms with Gasteiger partial charge in [0.1, 0.15) is 11.7 Å². The number of ketones is 1. The molecule has 0 saturated heterocycles. The maximum Gasteiger partial charge on any atom is 0.321 e. The van der Waals surface area contributed by atoms with Crippen molar-refractivity contribution in [3.63, 3.8) is 0 Å². The first kappa shape index (κ1) is 13.4. The van der Waals surface area contributed by atoms with Crippen LogP contribution < -0.4 is 0 Å². The van der Waals surface area contributed by atoms with Gasteiger partial charge in [-0.2, -0.15) is 0 Å². The van der Waals surface area contributed by atoms with E-state index in [1.54, 1.807) is 0 Å². The van der Waals surface area contributed by atoms with Crippen molar-refractivity contribution in [1.82, 2.24) is 0 Å². The predicted molar refractivity (Wildman–Crippen MR) is 51.7 cm³/mol. The molecule has 5 heteroatoms. The maximum atomic E-state index is 11.2. The van der Waals surface area contributed by atoms with E-state index in [1.165, 1.54) is 13.8 Å². The van der Waals surface area contributed by atoms with Crippen LogP contribution in [0, 0.1) is 5.92 Å². The summed E-state index contributed by atoms with van der Waals surface area (Å²) in [6.45, 7) is 5.77. The first-order valence-electron chi connectivity index (χ1n) is 4.44. The molecule has 5 nitrogen and oxygen atoms in total. The number of Topliss-reactive ketones (excluding diaryl/α,β-unsaturated/α-hetero) is 1. The number of rotatable bonds is 6. The molecule has 84 valence electrons. The third-order valence-electron chi connectivity index (χ3n) is 1.69.